The molecule has 1 saturated heterocycles. The number of aryl methyl sites for hydroxylation is 2. The van der Waals surface area contributed by atoms with Gasteiger partial charge in [0, 0.05) is 13.2 Å². The number of nitrogens with zero attached hydrogens (tertiary/aromatic N) is 4. The van der Waals surface area contributed by atoms with E-state index in [1.165, 1.54) is 28.2 Å². The van der Waals surface area contributed by atoms with Crippen molar-refractivity contribution in [3.63, 3.8) is 0 Å². The van der Waals surface area contributed by atoms with E-state index < -0.39 is 16.2 Å². The van der Waals surface area contributed by atoms with Crippen LogP contribution in [0.1, 0.15) is 56.6 Å². The summed E-state index contributed by atoms with van der Waals surface area (Å²) in [4.78, 5) is 8.88. The summed E-state index contributed by atoms with van der Waals surface area (Å²) in [5.74, 6) is 1.77. The number of benzene rings is 1. The highest BCUT2D eigenvalue weighted by Crippen LogP contribution is 2.39. The van der Waals surface area contributed by atoms with Gasteiger partial charge in [-0.3, -0.25) is 8.86 Å². The van der Waals surface area contributed by atoms with Crippen LogP contribution in [0.3, 0.4) is 0 Å². The minimum atomic E-state index is -4.11. The van der Waals surface area contributed by atoms with Gasteiger partial charge in [0.25, 0.3) is 0 Å². The third kappa shape index (κ3) is 6.63. The Balaban J connectivity index is 1.43. The molecule has 13 heteroatoms. The molecule has 5 rings (SSSR count). The van der Waals surface area contributed by atoms with E-state index in [-0.39, 0.29) is 33.6 Å². The highest BCUT2D eigenvalue weighted by molar-refractivity contribution is 7.86. The summed E-state index contributed by atoms with van der Waals surface area (Å²) in [6, 6.07) is 4.23. The van der Waals surface area contributed by atoms with Crippen molar-refractivity contribution in [2.75, 3.05) is 23.7 Å². The Morgan fingerprint density at radius 2 is 1.87 bits per heavy atom. The molecule has 0 bridgehead atoms. The fraction of sp³-hybridized carbons (Fsp3) is 0.500. The van der Waals surface area contributed by atoms with Crippen molar-refractivity contribution in [1.29, 1.82) is 0 Å². The zero-order valence-electron chi connectivity index (χ0n) is 22.5. The van der Waals surface area contributed by atoms with Crippen LogP contribution in [0.5, 0.6) is 5.75 Å². The predicted octanol–water partition coefficient (Wildman–Crippen LogP) is 4.78. The number of hydrogen-bond donors (Lipinski definition) is 3. The molecule has 3 heterocycles. The van der Waals surface area contributed by atoms with Crippen molar-refractivity contribution in [2.24, 2.45) is 7.05 Å². The van der Waals surface area contributed by atoms with Crippen molar-refractivity contribution in [1.82, 2.24) is 25.1 Å². The van der Waals surface area contributed by atoms with E-state index in [4.69, 9.17) is 20.5 Å². The van der Waals surface area contributed by atoms with Gasteiger partial charge in [-0.15, -0.1) is 0 Å². The molecule has 2 aromatic heterocycles. The first-order valence-corrected chi connectivity index (χ1v) is 14.9. The van der Waals surface area contributed by atoms with Gasteiger partial charge in [-0.25, -0.2) is 4.98 Å². The van der Waals surface area contributed by atoms with E-state index in [0.717, 1.165) is 50.2 Å². The first-order chi connectivity index (χ1) is 18.6. The van der Waals surface area contributed by atoms with Crippen molar-refractivity contribution in [3.8, 4) is 5.75 Å². The second kappa shape index (κ2) is 11.3. The molecule has 3 aromatic rings. The zero-order valence-corrected chi connectivity index (χ0v) is 24.1. The van der Waals surface area contributed by atoms with Gasteiger partial charge in [-0.1, -0.05) is 11.6 Å². The fourth-order valence-corrected chi connectivity index (χ4v) is 5.98. The van der Waals surface area contributed by atoms with Crippen molar-refractivity contribution in [2.45, 2.75) is 69.6 Å². The number of nitrogens with one attached hydrogen (secondary N) is 3. The van der Waals surface area contributed by atoms with Crippen LogP contribution in [0, 0.1) is 6.92 Å². The first kappa shape index (κ1) is 27.6. The molecule has 1 saturated carbocycles. The van der Waals surface area contributed by atoms with Gasteiger partial charge < -0.3 is 20.7 Å². The van der Waals surface area contributed by atoms with Gasteiger partial charge in [-0.2, -0.15) is 18.5 Å². The fourth-order valence-electron chi connectivity index (χ4n) is 4.64. The molecular formula is C26H34ClN7O4S. The quantitative estimate of drug-likeness (QED) is 0.290. The second-order valence-corrected chi connectivity index (χ2v) is 12.2. The molecule has 2 fully saturated rings. The lowest BCUT2D eigenvalue weighted by atomic mass is 9.87. The van der Waals surface area contributed by atoms with E-state index in [1.54, 1.807) is 20.9 Å². The predicted molar refractivity (Wildman–Crippen MR) is 150 cm³/mol. The molecule has 0 radical (unpaired) electrons. The number of hydrogen-bond acceptors (Lipinski definition) is 10. The van der Waals surface area contributed by atoms with Crippen LogP contribution in [-0.2, 0) is 21.3 Å². The van der Waals surface area contributed by atoms with Gasteiger partial charge in [-0.05, 0) is 88.7 Å². The molecule has 11 nitrogen and oxygen atoms in total. The topological polar surface area (TPSA) is 132 Å². The lowest BCUT2D eigenvalue weighted by Crippen LogP contribution is -2.27. The Morgan fingerprint density at radius 1 is 1.13 bits per heavy atom. The Bertz CT molecular complexity index is 1450. The Morgan fingerprint density at radius 3 is 2.56 bits per heavy atom. The number of halogens is 1. The van der Waals surface area contributed by atoms with Gasteiger partial charge in [0.15, 0.2) is 5.82 Å². The van der Waals surface area contributed by atoms with E-state index in [9.17, 15) is 8.42 Å². The van der Waals surface area contributed by atoms with Crippen molar-refractivity contribution < 1.29 is 17.3 Å². The third-order valence-corrected chi connectivity index (χ3v) is 8.25. The lowest BCUT2D eigenvalue weighted by molar-refractivity contribution is 0.247. The van der Waals surface area contributed by atoms with Crippen LogP contribution < -0.4 is 20.7 Å². The number of aromatic nitrogens is 4. The molecule has 1 aliphatic carbocycles. The standard InChI is InChI=1S/C26H34ClN7O4S/c1-15(2)38-39(35,36)25-22(14-34(4)33-25)30-24-20(27)13-29-26(32-24)31-21-11-16(3)19(17-7-9-28-10-8-17)12-23(21)37-18-5-6-18/h11-15,17-18,28H,5-10H2,1-4H3,(H2,29,30,31,32). The van der Waals surface area contributed by atoms with Gasteiger partial charge >= 0.3 is 10.1 Å². The number of piperidine rings is 1. The number of rotatable bonds is 10. The third-order valence-electron chi connectivity index (χ3n) is 6.56. The molecular weight excluding hydrogens is 542 g/mol. The Labute approximate surface area is 233 Å². The molecule has 2 aliphatic rings. The maximum atomic E-state index is 12.7. The first-order valence-electron chi connectivity index (χ1n) is 13.1. The molecule has 0 unspecified atom stereocenters. The van der Waals surface area contributed by atoms with Gasteiger partial charge in [0.1, 0.15) is 16.5 Å². The summed E-state index contributed by atoms with van der Waals surface area (Å²) in [6.45, 7) is 7.41. The highest BCUT2D eigenvalue weighted by atomic mass is 35.5. The monoisotopic (exact) mass is 575 g/mol. The van der Waals surface area contributed by atoms with Gasteiger partial charge in [0.2, 0.25) is 11.0 Å². The largest absolute Gasteiger partial charge is 0.488 e. The summed E-state index contributed by atoms with van der Waals surface area (Å²) in [5, 5.41) is 13.7. The van der Waals surface area contributed by atoms with Crippen LogP contribution in [-0.4, -0.2) is 53.5 Å². The van der Waals surface area contributed by atoms with E-state index in [2.05, 4.69) is 50.1 Å². The molecule has 1 aliphatic heterocycles. The number of anilines is 4. The maximum absolute atomic E-state index is 12.7. The lowest BCUT2D eigenvalue weighted by Gasteiger charge is -2.26. The molecule has 39 heavy (non-hydrogen) atoms. The minimum Gasteiger partial charge on any atom is -0.488 e. The smallest absolute Gasteiger partial charge is 0.318 e. The molecule has 0 spiro atoms. The molecule has 1 aromatic carbocycles. The number of ether oxygens (including phenoxy) is 1. The van der Waals surface area contributed by atoms with E-state index >= 15 is 0 Å². The zero-order chi connectivity index (χ0) is 27.7. The summed E-state index contributed by atoms with van der Waals surface area (Å²) in [5.41, 5.74) is 3.44. The van der Waals surface area contributed by atoms with Crippen molar-refractivity contribution in [3.05, 3.63) is 40.7 Å². The molecule has 3 N–H and O–H groups in total. The summed E-state index contributed by atoms with van der Waals surface area (Å²) in [6.07, 6.45) is 6.92. The van der Waals surface area contributed by atoms with Crippen LogP contribution in [0.15, 0.2) is 29.6 Å². The molecule has 0 amide bonds. The van der Waals surface area contributed by atoms with Crippen LogP contribution in [0.25, 0.3) is 0 Å². The van der Waals surface area contributed by atoms with E-state index in [0.29, 0.717) is 5.92 Å². The van der Waals surface area contributed by atoms with Crippen LogP contribution in [0.4, 0.5) is 23.1 Å². The highest BCUT2D eigenvalue weighted by Gasteiger charge is 2.28. The normalized spacial score (nSPS) is 16.5. The van der Waals surface area contributed by atoms with Crippen LogP contribution in [0.2, 0.25) is 5.02 Å². The SMILES string of the molecule is Cc1cc(Nc2ncc(Cl)c(Nc3cn(C)nc3S(=O)(=O)OC(C)C)n2)c(OC2CC2)cc1C1CCNCC1. The maximum Gasteiger partial charge on any atom is 0.318 e. The minimum absolute atomic E-state index is 0.185. The summed E-state index contributed by atoms with van der Waals surface area (Å²) in [7, 11) is -2.49. The van der Waals surface area contributed by atoms with Crippen molar-refractivity contribution >= 4 is 44.9 Å². The summed E-state index contributed by atoms with van der Waals surface area (Å²) < 4.78 is 38.2. The Hall–Kier alpha value is -2.93. The average Bonchev–Trinajstić information content (AvgIpc) is 3.61. The van der Waals surface area contributed by atoms with E-state index in [1.807, 2.05) is 0 Å². The average molecular weight is 576 g/mol. The van der Waals surface area contributed by atoms with Gasteiger partial charge in [0.05, 0.1) is 24.1 Å². The molecule has 0 atom stereocenters. The molecule has 210 valence electrons. The Kier molecular flexibility index (Phi) is 7.99. The second-order valence-electron chi connectivity index (χ2n) is 10.3. The van der Waals surface area contributed by atoms with Crippen LogP contribution >= 0.6 is 11.6 Å². The summed E-state index contributed by atoms with van der Waals surface area (Å²) >= 11 is 6.39.